The zero-order valence-electron chi connectivity index (χ0n) is 14.5. The Bertz CT molecular complexity index is 1010. The summed E-state index contributed by atoms with van der Waals surface area (Å²) in [6, 6.07) is 9.84. The maximum absolute atomic E-state index is 13.0. The van der Waals surface area contributed by atoms with Gasteiger partial charge in [0.15, 0.2) is 11.4 Å². The van der Waals surface area contributed by atoms with Crippen LogP contribution in [0.25, 0.3) is 5.65 Å². The highest BCUT2D eigenvalue weighted by molar-refractivity contribution is 6.30. The molecule has 3 heterocycles. The van der Waals surface area contributed by atoms with Crippen LogP contribution < -0.4 is 4.90 Å². The van der Waals surface area contributed by atoms with E-state index < -0.39 is 12.0 Å². The second-order valence-electron chi connectivity index (χ2n) is 6.62. The Balaban J connectivity index is 1.49. The quantitative estimate of drug-likeness (QED) is 0.614. The Kier molecular flexibility index (Phi) is 4.70. The lowest BCUT2D eigenvalue weighted by Gasteiger charge is -2.32. The van der Waals surface area contributed by atoms with E-state index in [1.165, 1.54) is 6.07 Å². The van der Waals surface area contributed by atoms with Crippen LogP contribution in [0.15, 0.2) is 36.4 Å². The van der Waals surface area contributed by atoms with Crippen molar-refractivity contribution in [3.05, 3.63) is 52.8 Å². The molecule has 1 aromatic carbocycles. The zero-order valence-corrected chi connectivity index (χ0v) is 15.3. The lowest BCUT2D eigenvalue weighted by molar-refractivity contribution is -0.146. The SMILES string of the molecule is O=C(c1ccc(Cl)cc1)C1CCN(c2ccc3nnc(C(F)(F)F)n3n2)CC1. The van der Waals surface area contributed by atoms with Gasteiger partial charge >= 0.3 is 6.18 Å². The van der Waals surface area contributed by atoms with Crippen LogP contribution in [0.4, 0.5) is 19.0 Å². The Morgan fingerprint density at radius 1 is 1.04 bits per heavy atom. The summed E-state index contributed by atoms with van der Waals surface area (Å²) in [7, 11) is 0. The molecule has 0 amide bonds. The van der Waals surface area contributed by atoms with Crippen LogP contribution in [0.1, 0.15) is 29.0 Å². The van der Waals surface area contributed by atoms with E-state index in [0.29, 0.717) is 46.9 Å². The third kappa shape index (κ3) is 3.54. The molecule has 0 aliphatic carbocycles. The summed E-state index contributed by atoms with van der Waals surface area (Å²) in [6.45, 7) is 1.04. The smallest absolute Gasteiger partial charge is 0.355 e. The molecule has 28 heavy (non-hydrogen) atoms. The van der Waals surface area contributed by atoms with Crippen molar-refractivity contribution in [1.82, 2.24) is 19.8 Å². The topological polar surface area (TPSA) is 63.4 Å². The summed E-state index contributed by atoms with van der Waals surface area (Å²) in [5, 5.41) is 11.3. The van der Waals surface area contributed by atoms with E-state index in [1.807, 2.05) is 4.90 Å². The molecular formula is C18H15ClF3N5O. The number of hydrogen-bond donors (Lipinski definition) is 0. The standard InChI is InChI=1S/C18H15ClF3N5O/c19-13-3-1-11(2-4-13)16(28)12-7-9-26(10-8-12)15-6-5-14-23-24-17(18(20,21)22)27(14)25-15/h1-6,12H,7-10H2. The average Bonchev–Trinajstić information content (AvgIpc) is 3.12. The Morgan fingerprint density at radius 2 is 1.71 bits per heavy atom. The van der Waals surface area contributed by atoms with E-state index in [1.54, 1.807) is 30.3 Å². The van der Waals surface area contributed by atoms with Gasteiger partial charge in [-0.2, -0.15) is 17.7 Å². The largest absolute Gasteiger partial charge is 0.453 e. The van der Waals surface area contributed by atoms with E-state index in [4.69, 9.17) is 11.6 Å². The molecule has 0 unspecified atom stereocenters. The van der Waals surface area contributed by atoms with Gasteiger partial charge in [-0.1, -0.05) is 11.6 Å². The van der Waals surface area contributed by atoms with Crippen molar-refractivity contribution in [2.24, 2.45) is 5.92 Å². The molecule has 4 rings (SSSR count). The lowest BCUT2D eigenvalue weighted by atomic mass is 9.89. The third-order valence-electron chi connectivity index (χ3n) is 4.82. The number of halogens is 4. The van der Waals surface area contributed by atoms with Crippen molar-refractivity contribution >= 4 is 28.8 Å². The Labute approximate surface area is 162 Å². The normalized spacial score (nSPS) is 15.9. The van der Waals surface area contributed by atoms with Crippen molar-refractivity contribution in [2.75, 3.05) is 18.0 Å². The van der Waals surface area contributed by atoms with Crippen molar-refractivity contribution in [2.45, 2.75) is 19.0 Å². The molecule has 0 radical (unpaired) electrons. The number of carbonyl (C=O) groups is 1. The summed E-state index contributed by atoms with van der Waals surface area (Å²) in [5.41, 5.74) is 0.644. The first-order chi connectivity index (χ1) is 13.3. The summed E-state index contributed by atoms with van der Waals surface area (Å²) >= 11 is 5.86. The number of ketones is 1. The molecule has 0 spiro atoms. The number of hydrogen-bond acceptors (Lipinski definition) is 5. The van der Waals surface area contributed by atoms with Crippen LogP contribution in [0.3, 0.4) is 0 Å². The Hall–Kier alpha value is -2.68. The van der Waals surface area contributed by atoms with Gasteiger partial charge in [-0.15, -0.1) is 15.3 Å². The molecule has 0 bridgehead atoms. The fourth-order valence-electron chi connectivity index (χ4n) is 3.35. The summed E-state index contributed by atoms with van der Waals surface area (Å²) in [4.78, 5) is 14.5. The first-order valence-corrected chi connectivity index (χ1v) is 9.05. The minimum Gasteiger partial charge on any atom is -0.355 e. The van der Waals surface area contributed by atoms with Crippen LogP contribution in [-0.4, -0.2) is 38.7 Å². The molecule has 1 aliphatic heterocycles. The number of carbonyl (C=O) groups excluding carboxylic acids is 1. The van der Waals surface area contributed by atoms with E-state index in [2.05, 4.69) is 15.3 Å². The van der Waals surface area contributed by atoms with Crippen molar-refractivity contribution in [1.29, 1.82) is 0 Å². The molecule has 0 atom stereocenters. The predicted molar refractivity (Wildman–Crippen MR) is 96.5 cm³/mol. The number of anilines is 1. The molecule has 146 valence electrons. The number of aromatic nitrogens is 4. The number of nitrogens with zero attached hydrogens (tertiary/aromatic N) is 5. The van der Waals surface area contributed by atoms with Gasteiger partial charge in [0.25, 0.3) is 5.82 Å². The fourth-order valence-corrected chi connectivity index (χ4v) is 3.47. The van der Waals surface area contributed by atoms with Crippen LogP contribution >= 0.6 is 11.6 Å². The number of rotatable bonds is 3. The van der Waals surface area contributed by atoms with Crippen LogP contribution in [0.2, 0.25) is 5.02 Å². The summed E-state index contributed by atoms with van der Waals surface area (Å²) in [5.74, 6) is -0.841. The molecule has 0 saturated carbocycles. The molecule has 10 heteroatoms. The predicted octanol–water partition coefficient (Wildman–Crippen LogP) is 3.90. The lowest BCUT2D eigenvalue weighted by Crippen LogP contribution is -2.37. The zero-order chi connectivity index (χ0) is 19.9. The number of alkyl halides is 3. The van der Waals surface area contributed by atoms with E-state index in [-0.39, 0.29) is 17.3 Å². The van der Waals surface area contributed by atoms with Crippen LogP contribution in [0.5, 0.6) is 0 Å². The molecule has 0 N–H and O–H groups in total. The van der Waals surface area contributed by atoms with E-state index in [9.17, 15) is 18.0 Å². The van der Waals surface area contributed by atoms with Crippen LogP contribution in [-0.2, 0) is 6.18 Å². The highest BCUT2D eigenvalue weighted by atomic mass is 35.5. The number of piperidine rings is 1. The van der Waals surface area contributed by atoms with E-state index in [0.717, 1.165) is 0 Å². The second kappa shape index (κ2) is 7.05. The fraction of sp³-hybridized carbons (Fsp3) is 0.333. The van der Waals surface area contributed by atoms with Crippen molar-refractivity contribution < 1.29 is 18.0 Å². The maximum Gasteiger partial charge on any atom is 0.453 e. The highest BCUT2D eigenvalue weighted by Crippen LogP contribution is 2.29. The molecule has 1 aliphatic rings. The Morgan fingerprint density at radius 3 is 2.36 bits per heavy atom. The van der Waals surface area contributed by atoms with Gasteiger partial charge in [0.05, 0.1) is 0 Å². The van der Waals surface area contributed by atoms with Crippen molar-refractivity contribution in [3.63, 3.8) is 0 Å². The highest BCUT2D eigenvalue weighted by Gasteiger charge is 2.38. The van der Waals surface area contributed by atoms with Gasteiger partial charge in [-0.3, -0.25) is 4.79 Å². The van der Waals surface area contributed by atoms with Gasteiger partial charge in [-0.05, 0) is 49.2 Å². The number of Topliss-reactive ketones (excluding diaryl/α,β-unsaturated/α-hetero) is 1. The van der Waals surface area contributed by atoms with Gasteiger partial charge in [0.1, 0.15) is 5.82 Å². The number of benzene rings is 1. The minimum absolute atomic E-state index is 0.0314. The van der Waals surface area contributed by atoms with Gasteiger partial charge in [0, 0.05) is 29.6 Å². The van der Waals surface area contributed by atoms with Gasteiger partial charge in [-0.25, -0.2) is 0 Å². The second-order valence-corrected chi connectivity index (χ2v) is 7.05. The minimum atomic E-state index is -4.64. The van der Waals surface area contributed by atoms with Crippen molar-refractivity contribution in [3.8, 4) is 0 Å². The van der Waals surface area contributed by atoms with Gasteiger partial charge in [0.2, 0.25) is 0 Å². The first kappa shape index (κ1) is 18.7. The molecular weight excluding hydrogens is 395 g/mol. The molecule has 1 saturated heterocycles. The molecule has 3 aromatic rings. The summed E-state index contributed by atoms with van der Waals surface area (Å²) < 4.78 is 39.8. The number of fused-ring (bicyclic) bond motifs is 1. The first-order valence-electron chi connectivity index (χ1n) is 8.67. The monoisotopic (exact) mass is 409 g/mol. The summed E-state index contributed by atoms with van der Waals surface area (Å²) in [6.07, 6.45) is -3.45. The molecule has 2 aromatic heterocycles. The van der Waals surface area contributed by atoms with E-state index >= 15 is 0 Å². The molecule has 1 fully saturated rings. The van der Waals surface area contributed by atoms with Crippen LogP contribution in [0, 0.1) is 5.92 Å². The third-order valence-corrected chi connectivity index (χ3v) is 5.07. The average molecular weight is 410 g/mol. The molecule has 6 nitrogen and oxygen atoms in total. The maximum atomic E-state index is 13.0. The van der Waals surface area contributed by atoms with Gasteiger partial charge < -0.3 is 4.90 Å².